The van der Waals surface area contributed by atoms with E-state index in [0.717, 1.165) is 47.6 Å². The number of rotatable bonds is 4. The highest BCUT2D eigenvalue weighted by molar-refractivity contribution is 6.33. The minimum Gasteiger partial charge on any atom is -0.370 e. The van der Waals surface area contributed by atoms with Crippen LogP contribution in [0.4, 0.5) is 11.4 Å². The molecule has 2 aliphatic rings. The average Bonchev–Trinajstić information content (AvgIpc) is 3.46. The lowest BCUT2D eigenvalue weighted by Crippen LogP contribution is -2.31. The molecule has 1 fully saturated rings. The van der Waals surface area contributed by atoms with Crippen LogP contribution in [0.15, 0.2) is 58.7 Å². The van der Waals surface area contributed by atoms with Gasteiger partial charge in [-0.25, -0.2) is 0 Å². The Morgan fingerprint density at radius 2 is 1.91 bits per heavy atom. The normalized spacial score (nSPS) is 18.4. The minimum atomic E-state index is 0.564. The fourth-order valence-electron chi connectivity index (χ4n) is 5.05. The van der Waals surface area contributed by atoms with E-state index in [4.69, 9.17) is 16.9 Å². The van der Waals surface area contributed by atoms with Gasteiger partial charge >= 0.3 is 0 Å². The van der Waals surface area contributed by atoms with Crippen molar-refractivity contribution in [2.24, 2.45) is 10.2 Å². The van der Waals surface area contributed by atoms with Gasteiger partial charge in [-0.3, -0.25) is 0 Å². The van der Waals surface area contributed by atoms with Crippen molar-refractivity contribution in [3.05, 3.63) is 70.5 Å². The van der Waals surface area contributed by atoms with E-state index in [1.165, 1.54) is 5.69 Å². The van der Waals surface area contributed by atoms with Gasteiger partial charge in [-0.1, -0.05) is 23.7 Å². The van der Waals surface area contributed by atoms with Gasteiger partial charge in [0.15, 0.2) is 5.84 Å². The number of nitrogens with zero attached hydrogens (tertiary/aromatic N) is 7. The summed E-state index contributed by atoms with van der Waals surface area (Å²) < 4.78 is 2.08. The van der Waals surface area contributed by atoms with E-state index in [2.05, 4.69) is 74.6 Å². The Morgan fingerprint density at radius 3 is 2.57 bits per heavy atom. The number of nitriles is 1. The molecule has 0 radical (unpaired) electrons. The van der Waals surface area contributed by atoms with Crippen LogP contribution >= 0.6 is 11.6 Å². The molecule has 0 N–H and O–H groups in total. The number of fused-ring (bicyclic) bond motifs is 2. The summed E-state index contributed by atoms with van der Waals surface area (Å²) in [6, 6.07) is 18.9. The highest BCUT2D eigenvalue weighted by Gasteiger charge is 2.29. The lowest BCUT2D eigenvalue weighted by molar-refractivity contribution is 0.315. The van der Waals surface area contributed by atoms with Gasteiger partial charge < -0.3 is 19.3 Å². The molecule has 5 rings (SSSR count). The molecule has 178 valence electrons. The first kappa shape index (κ1) is 23.2. The van der Waals surface area contributed by atoms with Crippen LogP contribution in [0.25, 0.3) is 11.1 Å². The van der Waals surface area contributed by atoms with Gasteiger partial charge in [-0.15, -0.1) is 5.10 Å². The average molecular weight is 486 g/mol. The molecule has 2 aromatic carbocycles. The number of likely N-dealkylation sites (N-methyl/N-ethyl adjacent to an activating group) is 1. The Hall–Kier alpha value is -3.60. The zero-order valence-corrected chi connectivity index (χ0v) is 21.0. The zero-order valence-electron chi connectivity index (χ0n) is 20.2. The summed E-state index contributed by atoms with van der Waals surface area (Å²) in [5.41, 5.74) is 6.78. The summed E-state index contributed by atoms with van der Waals surface area (Å²) in [5, 5.41) is 18.0. The molecule has 1 saturated heterocycles. The minimum absolute atomic E-state index is 0.564. The molecule has 0 aliphatic carbocycles. The highest BCUT2D eigenvalue weighted by atomic mass is 35.5. The number of aromatic nitrogens is 1. The molecule has 35 heavy (non-hydrogen) atoms. The van der Waals surface area contributed by atoms with Crippen molar-refractivity contribution in [3.8, 4) is 17.2 Å². The first-order valence-electron chi connectivity index (χ1n) is 11.6. The molecule has 3 aromatic rings. The fourth-order valence-corrected chi connectivity index (χ4v) is 5.37. The first-order chi connectivity index (χ1) is 16.9. The van der Waals surface area contributed by atoms with Crippen molar-refractivity contribution in [3.63, 3.8) is 0 Å². The Labute approximate surface area is 211 Å². The lowest BCUT2D eigenvalue weighted by atomic mass is 10.1. The molecule has 0 saturated carbocycles. The van der Waals surface area contributed by atoms with Gasteiger partial charge in [0.1, 0.15) is 5.15 Å². The monoisotopic (exact) mass is 485 g/mol. The van der Waals surface area contributed by atoms with Crippen LogP contribution in [0.1, 0.15) is 23.2 Å². The predicted molar refractivity (Wildman–Crippen MR) is 144 cm³/mol. The van der Waals surface area contributed by atoms with Crippen LogP contribution in [-0.4, -0.2) is 62.3 Å². The van der Waals surface area contributed by atoms with E-state index in [1.54, 1.807) is 12.1 Å². The van der Waals surface area contributed by atoms with Gasteiger partial charge in [-0.05, 0) is 68.0 Å². The maximum Gasteiger partial charge on any atom is 0.179 e. The van der Waals surface area contributed by atoms with Crippen LogP contribution in [0.5, 0.6) is 0 Å². The van der Waals surface area contributed by atoms with Crippen LogP contribution in [0, 0.1) is 11.3 Å². The van der Waals surface area contributed by atoms with E-state index < -0.39 is 0 Å². The second-order valence-corrected chi connectivity index (χ2v) is 9.66. The Morgan fingerprint density at radius 1 is 1.14 bits per heavy atom. The first-order valence-corrected chi connectivity index (χ1v) is 12.0. The molecule has 7 nitrogen and oxygen atoms in total. The second kappa shape index (κ2) is 9.21. The van der Waals surface area contributed by atoms with Crippen LogP contribution in [0.2, 0.25) is 5.15 Å². The molecule has 1 atom stereocenters. The number of amidine groups is 1. The van der Waals surface area contributed by atoms with Crippen LogP contribution < -0.4 is 9.80 Å². The van der Waals surface area contributed by atoms with Gasteiger partial charge in [0.2, 0.25) is 0 Å². The summed E-state index contributed by atoms with van der Waals surface area (Å²) in [5.74, 6) is 0.683. The molecule has 0 spiro atoms. The molecule has 3 heterocycles. The summed E-state index contributed by atoms with van der Waals surface area (Å²) in [7, 11) is 6.30. The van der Waals surface area contributed by atoms with Crippen molar-refractivity contribution in [2.75, 3.05) is 44.0 Å². The summed E-state index contributed by atoms with van der Waals surface area (Å²) in [6.07, 6.45) is 1.16. The number of anilines is 2. The fraction of sp³-hybridized carbons (Fsp3) is 0.296. The quantitative estimate of drug-likeness (QED) is 0.397. The number of benzene rings is 2. The molecular weight excluding hydrogens is 458 g/mol. The van der Waals surface area contributed by atoms with Crippen molar-refractivity contribution >= 4 is 35.5 Å². The van der Waals surface area contributed by atoms with Gasteiger partial charge in [0, 0.05) is 49.8 Å². The van der Waals surface area contributed by atoms with Crippen molar-refractivity contribution in [1.82, 2.24) is 9.47 Å². The molecule has 1 aromatic heterocycles. The van der Waals surface area contributed by atoms with Crippen molar-refractivity contribution in [2.45, 2.75) is 19.0 Å². The van der Waals surface area contributed by atoms with E-state index in [1.807, 2.05) is 25.2 Å². The van der Waals surface area contributed by atoms with Gasteiger partial charge in [0.25, 0.3) is 0 Å². The molecule has 0 unspecified atom stereocenters. The van der Waals surface area contributed by atoms with E-state index in [9.17, 15) is 0 Å². The summed E-state index contributed by atoms with van der Waals surface area (Å²) >= 11 is 6.99. The van der Waals surface area contributed by atoms with E-state index in [-0.39, 0.29) is 0 Å². The van der Waals surface area contributed by atoms with Crippen molar-refractivity contribution in [1.29, 1.82) is 5.26 Å². The van der Waals surface area contributed by atoms with Crippen LogP contribution in [0.3, 0.4) is 0 Å². The van der Waals surface area contributed by atoms with E-state index >= 15 is 0 Å². The Kier molecular flexibility index (Phi) is 6.10. The largest absolute Gasteiger partial charge is 0.370 e. The zero-order chi connectivity index (χ0) is 24.7. The molecule has 8 heteroatoms. The molecule has 0 bridgehead atoms. The number of hydrogen-bond donors (Lipinski definition) is 0. The van der Waals surface area contributed by atoms with Gasteiger partial charge in [-0.2, -0.15) is 10.4 Å². The molecule has 2 aliphatic heterocycles. The van der Waals surface area contributed by atoms with Crippen molar-refractivity contribution < 1.29 is 0 Å². The van der Waals surface area contributed by atoms with E-state index in [0.29, 0.717) is 29.1 Å². The highest BCUT2D eigenvalue weighted by Crippen LogP contribution is 2.38. The van der Waals surface area contributed by atoms with Gasteiger partial charge in [0.05, 0.1) is 23.9 Å². The maximum atomic E-state index is 9.15. The molecule has 0 amide bonds. The smallest absolute Gasteiger partial charge is 0.179 e. The number of hydrogen-bond acceptors (Lipinski definition) is 5. The topological polar surface area (TPSA) is 63.2 Å². The predicted octanol–water partition coefficient (Wildman–Crippen LogP) is 4.68. The summed E-state index contributed by atoms with van der Waals surface area (Å²) in [4.78, 5) is 6.81. The Bertz CT molecular complexity index is 1350. The SMILES string of the molecule is C=N/N=C1/c2cc(-c3ccc(C#N)cc3)c(Cl)n2Cc2cc(N3CC[C@@H](N(C)C)C3)ccc2N1C. The second-order valence-electron chi connectivity index (χ2n) is 9.30. The number of halogens is 1. The third-order valence-corrected chi connectivity index (χ3v) is 7.49. The molecular formula is C27H28ClN7. The standard InChI is InChI=1S/C27H28ClN7/c1-30-31-27-25-14-23(19-7-5-18(15-29)6-8-19)26(28)35(25)16-20-13-21(9-10-24(20)33(27)4)34-12-11-22(17-34)32(2)3/h5-10,13-14,22H,1,11-12,16-17H2,2-4H3/b31-27-/t22-/m1/s1. The third-order valence-electron chi connectivity index (χ3n) is 7.08. The maximum absolute atomic E-state index is 9.15. The lowest BCUT2D eigenvalue weighted by Gasteiger charge is -2.24. The Balaban J connectivity index is 1.58. The third kappa shape index (κ3) is 4.09. The summed E-state index contributed by atoms with van der Waals surface area (Å²) in [6.45, 7) is 6.27. The van der Waals surface area contributed by atoms with Crippen LogP contribution in [-0.2, 0) is 6.54 Å².